The summed E-state index contributed by atoms with van der Waals surface area (Å²) in [6.45, 7) is 1.90. The highest BCUT2D eigenvalue weighted by atomic mass is 35.5. The fourth-order valence-electron chi connectivity index (χ4n) is 2.11. The van der Waals surface area contributed by atoms with Crippen LogP contribution in [0.5, 0.6) is 11.5 Å². The molecule has 0 unspecified atom stereocenters. The first kappa shape index (κ1) is 13.6. The van der Waals surface area contributed by atoms with Crippen LogP contribution >= 0.6 is 11.6 Å². The lowest BCUT2D eigenvalue weighted by molar-refractivity contribution is 0.447. The van der Waals surface area contributed by atoms with Crippen LogP contribution in [0.1, 0.15) is 5.56 Å². The quantitative estimate of drug-likeness (QED) is 0.697. The molecule has 1 heterocycles. The van der Waals surface area contributed by atoms with Gasteiger partial charge < -0.3 is 10.5 Å². The van der Waals surface area contributed by atoms with Gasteiger partial charge in [-0.15, -0.1) is 0 Å². The van der Waals surface area contributed by atoms with Crippen LogP contribution < -0.4 is 10.5 Å². The average Bonchev–Trinajstić information content (AvgIpc) is 2.47. The van der Waals surface area contributed by atoms with Gasteiger partial charge in [0.05, 0.1) is 5.02 Å². The molecule has 2 N–H and O–H groups in total. The number of nitrogen functional groups attached to an aromatic ring is 1. The van der Waals surface area contributed by atoms with E-state index < -0.39 is 5.82 Å². The largest absolute Gasteiger partial charge is 0.450 e. The van der Waals surface area contributed by atoms with E-state index in [0.29, 0.717) is 27.4 Å². The second-order valence-corrected chi connectivity index (χ2v) is 5.12. The van der Waals surface area contributed by atoms with Crippen molar-refractivity contribution < 1.29 is 9.13 Å². The first-order chi connectivity index (χ1) is 10.1. The minimum Gasteiger partial charge on any atom is -0.450 e. The number of nitrogens with two attached hydrogens (primary N) is 1. The first-order valence-electron chi connectivity index (χ1n) is 6.33. The van der Waals surface area contributed by atoms with Crippen LogP contribution in [0.4, 0.5) is 10.1 Å². The summed E-state index contributed by atoms with van der Waals surface area (Å²) >= 11 is 6.09. The smallest absolute Gasteiger partial charge is 0.189 e. The maximum Gasteiger partial charge on any atom is 0.189 e. The minimum atomic E-state index is -0.573. The van der Waals surface area contributed by atoms with Gasteiger partial charge >= 0.3 is 0 Å². The Kier molecular flexibility index (Phi) is 3.39. The lowest BCUT2D eigenvalue weighted by Gasteiger charge is -2.12. The van der Waals surface area contributed by atoms with Gasteiger partial charge in [0.15, 0.2) is 11.6 Å². The number of ether oxygens (including phenoxy) is 1. The van der Waals surface area contributed by atoms with E-state index >= 15 is 0 Å². The zero-order chi connectivity index (χ0) is 15.0. The highest BCUT2D eigenvalue weighted by Gasteiger charge is 2.15. The molecule has 0 fully saturated rings. The molecule has 0 radical (unpaired) electrons. The molecule has 0 aliphatic rings. The third-order valence-corrected chi connectivity index (χ3v) is 3.44. The van der Waals surface area contributed by atoms with Gasteiger partial charge in [0, 0.05) is 23.3 Å². The number of fused-ring (bicyclic) bond motifs is 1. The number of aromatic nitrogens is 1. The molecule has 1 aromatic heterocycles. The van der Waals surface area contributed by atoms with E-state index in [-0.39, 0.29) is 5.75 Å². The summed E-state index contributed by atoms with van der Waals surface area (Å²) in [7, 11) is 0. The standard InChI is InChI=1S/C16H12ClFN2O/c1-9-4-5-11(17)14(7-9)21-16-12(18)8-13(19)10-3-2-6-20-15(10)16/h2-8H,19H2,1H3. The predicted molar refractivity (Wildman–Crippen MR) is 82.4 cm³/mol. The van der Waals surface area contributed by atoms with Gasteiger partial charge in [0.25, 0.3) is 0 Å². The van der Waals surface area contributed by atoms with E-state index in [1.807, 2.05) is 13.0 Å². The Hall–Kier alpha value is -2.33. The number of rotatable bonds is 2. The van der Waals surface area contributed by atoms with Crippen LogP contribution in [-0.4, -0.2) is 4.98 Å². The molecule has 0 saturated carbocycles. The predicted octanol–water partition coefficient (Wildman–Crippen LogP) is 4.71. The van der Waals surface area contributed by atoms with Crippen molar-refractivity contribution in [3.05, 3.63) is 59.0 Å². The molecular formula is C16H12ClFN2O. The third kappa shape index (κ3) is 2.50. The molecule has 0 bridgehead atoms. The van der Waals surface area contributed by atoms with Crippen molar-refractivity contribution in [1.29, 1.82) is 0 Å². The topological polar surface area (TPSA) is 48.1 Å². The monoisotopic (exact) mass is 302 g/mol. The Labute approximate surface area is 126 Å². The van der Waals surface area contributed by atoms with Crippen LogP contribution in [0.25, 0.3) is 10.9 Å². The van der Waals surface area contributed by atoms with Gasteiger partial charge in [-0.3, -0.25) is 4.98 Å². The SMILES string of the molecule is Cc1ccc(Cl)c(Oc2c(F)cc(N)c3cccnc23)c1. The zero-order valence-electron chi connectivity index (χ0n) is 11.2. The van der Waals surface area contributed by atoms with Crippen LogP contribution in [0.15, 0.2) is 42.6 Å². The molecular weight excluding hydrogens is 291 g/mol. The molecule has 3 rings (SSSR count). The van der Waals surface area contributed by atoms with Crippen molar-refractivity contribution in [2.45, 2.75) is 6.92 Å². The summed E-state index contributed by atoms with van der Waals surface area (Å²) in [6, 6.07) is 10.0. The Morgan fingerprint density at radius 2 is 2.05 bits per heavy atom. The number of benzene rings is 2. The van der Waals surface area contributed by atoms with Crippen LogP contribution in [0.3, 0.4) is 0 Å². The number of hydrogen-bond acceptors (Lipinski definition) is 3. The van der Waals surface area contributed by atoms with E-state index in [4.69, 9.17) is 22.1 Å². The van der Waals surface area contributed by atoms with Gasteiger partial charge in [0.2, 0.25) is 0 Å². The number of hydrogen-bond donors (Lipinski definition) is 1. The number of nitrogens with zero attached hydrogens (tertiary/aromatic N) is 1. The van der Waals surface area contributed by atoms with Gasteiger partial charge in [-0.25, -0.2) is 4.39 Å². The van der Waals surface area contributed by atoms with Crippen molar-refractivity contribution in [2.75, 3.05) is 5.73 Å². The molecule has 5 heteroatoms. The number of aryl methyl sites for hydroxylation is 1. The van der Waals surface area contributed by atoms with Crippen molar-refractivity contribution in [3.63, 3.8) is 0 Å². The van der Waals surface area contributed by atoms with Gasteiger partial charge in [-0.2, -0.15) is 0 Å². The highest BCUT2D eigenvalue weighted by Crippen LogP contribution is 2.37. The van der Waals surface area contributed by atoms with Gasteiger partial charge in [0.1, 0.15) is 11.3 Å². The molecule has 0 amide bonds. The number of pyridine rings is 1. The fourth-order valence-corrected chi connectivity index (χ4v) is 2.26. The van der Waals surface area contributed by atoms with Gasteiger partial charge in [-0.1, -0.05) is 17.7 Å². The molecule has 3 aromatic rings. The van der Waals surface area contributed by atoms with E-state index in [1.165, 1.54) is 6.07 Å². The van der Waals surface area contributed by atoms with Crippen molar-refractivity contribution in [2.24, 2.45) is 0 Å². The van der Waals surface area contributed by atoms with Crippen LogP contribution in [0, 0.1) is 12.7 Å². The average molecular weight is 303 g/mol. The molecule has 0 atom stereocenters. The summed E-state index contributed by atoms with van der Waals surface area (Å²) < 4.78 is 19.9. The van der Waals surface area contributed by atoms with E-state index in [2.05, 4.69) is 4.98 Å². The molecule has 106 valence electrons. The molecule has 0 spiro atoms. The second kappa shape index (κ2) is 5.22. The lowest BCUT2D eigenvalue weighted by atomic mass is 10.1. The molecule has 21 heavy (non-hydrogen) atoms. The summed E-state index contributed by atoms with van der Waals surface area (Å²) in [5, 5.41) is 1.04. The highest BCUT2D eigenvalue weighted by molar-refractivity contribution is 6.32. The Bertz CT molecular complexity index is 836. The molecule has 3 nitrogen and oxygen atoms in total. The van der Waals surface area contributed by atoms with E-state index in [1.54, 1.807) is 30.5 Å². The van der Waals surface area contributed by atoms with Gasteiger partial charge in [-0.05, 0) is 36.8 Å². The maximum absolute atomic E-state index is 14.2. The first-order valence-corrected chi connectivity index (χ1v) is 6.71. The fraction of sp³-hybridized carbons (Fsp3) is 0.0625. The van der Waals surface area contributed by atoms with E-state index in [9.17, 15) is 4.39 Å². The molecule has 2 aromatic carbocycles. The summed E-state index contributed by atoms with van der Waals surface area (Å²) in [5.41, 5.74) is 7.46. The van der Waals surface area contributed by atoms with Crippen molar-refractivity contribution >= 4 is 28.2 Å². The lowest BCUT2D eigenvalue weighted by Crippen LogP contribution is -1.96. The normalized spacial score (nSPS) is 10.8. The molecule has 0 aliphatic carbocycles. The zero-order valence-corrected chi connectivity index (χ0v) is 12.0. The Morgan fingerprint density at radius 1 is 1.24 bits per heavy atom. The van der Waals surface area contributed by atoms with Crippen LogP contribution in [-0.2, 0) is 0 Å². The molecule has 0 saturated heterocycles. The Morgan fingerprint density at radius 3 is 2.86 bits per heavy atom. The molecule has 0 aliphatic heterocycles. The summed E-state index contributed by atoms with van der Waals surface area (Å²) in [6.07, 6.45) is 1.56. The van der Waals surface area contributed by atoms with Crippen LogP contribution in [0.2, 0.25) is 5.02 Å². The Balaban J connectivity index is 2.19. The van der Waals surface area contributed by atoms with Crippen molar-refractivity contribution in [1.82, 2.24) is 4.98 Å². The maximum atomic E-state index is 14.2. The number of anilines is 1. The number of halogens is 2. The second-order valence-electron chi connectivity index (χ2n) is 4.71. The summed E-state index contributed by atoms with van der Waals surface area (Å²) in [5.74, 6) is -0.170. The summed E-state index contributed by atoms with van der Waals surface area (Å²) in [4.78, 5) is 4.16. The minimum absolute atomic E-state index is 0.0206. The third-order valence-electron chi connectivity index (χ3n) is 3.13. The van der Waals surface area contributed by atoms with E-state index in [0.717, 1.165) is 5.56 Å². The van der Waals surface area contributed by atoms with Crippen molar-refractivity contribution in [3.8, 4) is 11.5 Å².